The summed E-state index contributed by atoms with van der Waals surface area (Å²) in [5.41, 5.74) is 0.611. The Morgan fingerprint density at radius 2 is 2.00 bits per heavy atom. The van der Waals surface area contributed by atoms with Gasteiger partial charge in [0.1, 0.15) is 11.9 Å². The molecule has 28 heavy (non-hydrogen) atoms. The SMILES string of the molecule is C=CC[C@]12C[C@@H](OC)C(=O)C=C1O[C@@H](OCc1ccc(OC)c(OC)c1)[C@H]2C. The fourth-order valence-electron chi connectivity index (χ4n) is 4.10. The van der Waals surface area contributed by atoms with Crippen molar-refractivity contribution in [1.82, 2.24) is 0 Å². The molecule has 0 bridgehead atoms. The van der Waals surface area contributed by atoms with Crippen LogP contribution in [0.2, 0.25) is 0 Å². The zero-order valence-corrected chi connectivity index (χ0v) is 16.9. The van der Waals surface area contributed by atoms with Gasteiger partial charge >= 0.3 is 0 Å². The molecular formula is C22H28O6. The first-order valence-electron chi connectivity index (χ1n) is 9.38. The van der Waals surface area contributed by atoms with E-state index < -0.39 is 12.4 Å². The molecule has 6 nitrogen and oxygen atoms in total. The maximum atomic E-state index is 12.3. The highest BCUT2D eigenvalue weighted by Gasteiger charge is 2.55. The van der Waals surface area contributed by atoms with Crippen molar-refractivity contribution in [1.29, 1.82) is 0 Å². The van der Waals surface area contributed by atoms with Crippen LogP contribution in [0, 0.1) is 11.3 Å². The normalized spacial score (nSPS) is 28.9. The molecule has 4 atom stereocenters. The minimum Gasteiger partial charge on any atom is -0.493 e. The Morgan fingerprint density at radius 3 is 2.64 bits per heavy atom. The largest absolute Gasteiger partial charge is 0.493 e. The quantitative estimate of drug-likeness (QED) is 0.634. The summed E-state index contributed by atoms with van der Waals surface area (Å²) < 4.78 is 28.2. The van der Waals surface area contributed by atoms with Gasteiger partial charge in [0, 0.05) is 24.5 Å². The van der Waals surface area contributed by atoms with Crippen molar-refractivity contribution >= 4 is 5.78 Å². The highest BCUT2D eigenvalue weighted by molar-refractivity contribution is 5.95. The van der Waals surface area contributed by atoms with Crippen LogP contribution in [0.3, 0.4) is 0 Å². The summed E-state index contributed by atoms with van der Waals surface area (Å²) in [6.45, 7) is 6.34. The molecule has 3 rings (SSSR count). The van der Waals surface area contributed by atoms with Gasteiger partial charge in [-0.3, -0.25) is 4.79 Å². The number of hydrogen-bond donors (Lipinski definition) is 0. The zero-order valence-electron chi connectivity index (χ0n) is 16.9. The standard InChI is InChI=1S/C22H28O6/c1-6-9-22-12-19(26-5)16(23)11-20(22)28-21(14(22)2)27-13-15-7-8-17(24-3)18(10-15)25-4/h6-8,10-11,14,19,21H,1,9,12-13H2,2-5H3/t14-,19-,21-,22-/m1/s1. The molecule has 1 heterocycles. The third-order valence-electron chi connectivity index (χ3n) is 5.81. The average molecular weight is 388 g/mol. The van der Waals surface area contributed by atoms with Crippen molar-refractivity contribution in [2.75, 3.05) is 21.3 Å². The van der Waals surface area contributed by atoms with E-state index >= 15 is 0 Å². The van der Waals surface area contributed by atoms with Gasteiger partial charge in [0.15, 0.2) is 17.3 Å². The number of benzene rings is 1. The molecule has 0 amide bonds. The average Bonchev–Trinajstić information content (AvgIpc) is 2.97. The number of fused-ring (bicyclic) bond motifs is 1. The molecule has 0 aromatic heterocycles. The van der Waals surface area contributed by atoms with E-state index in [1.807, 2.05) is 24.3 Å². The molecular weight excluding hydrogens is 360 g/mol. The van der Waals surface area contributed by atoms with Crippen LogP contribution in [0.25, 0.3) is 0 Å². The van der Waals surface area contributed by atoms with Gasteiger partial charge in [-0.05, 0) is 30.5 Å². The summed E-state index contributed by atoms with van der Waals surface area (Å²) in [6, 6.07) is 5.66. The van der Waals surface area contributed by atoms with Gasteiger partial charge in [0.2, 0.25) is 6.29 Å². The summed E-state index contributed by atoms with van der Waals surface area (Å²) in [7, 11) is 4.77. The first-order chi connectivity index (χ1) is 13.5. The van der Waals surface area contributed by atoms with Crippen LogP contribution >= 0.6 is 0 Å². The van der Waals surface area contributed by atoms with Crippen LogP contribution in [0.4, 0.5) is 0 Å². The van der Waals surface area contributed by atoms with E-state index in [0.717, 1.165) is 5.56 Å². The summed E-state index contributed by atoms with van der Waals surface area (Å²) in [5.74, 6) is 1.97. The van der Waals surface area contributed by atoms with E-state index in [1.165, 1.54) is 0 Å². The van der Waals surface area contributed by atoms with Gasteiger partial charge in [-0.15, -0.1) is 6.58 Å². The molecule has 0 spiro atoms. The zero-order chi connectivity index (χ0) is 20.3. The first kappa shape index (κ1) is 20.4. The lowest BCUT2D eigenvalue weighted by atomic mass is 9.67. The Morgan fingerprint density at radius 1 is 1.25 bits per heavy atom. The number of carbonyl (C=O) groups excluding carboxylic acids is 1. The molecule has 1 aliphatic heterocycles. The highest BCUT2D eigenvalue weighted by Crippen LogP contribution is 2.54. The van der Waals surface area contributed by atoms with Crippen molar-refractivity contribution < 1.29 is 28.5 Å². The summed E-state index contributed by atoms with van der Waals surface area (Å²) in [5, 5.41) is 0. The lowest BCUT2D eigenvalue weighted by Gasteiger charge is -2.36. The molecule has 1 aliphatic carbocycles. The Balaban J connectivity index is 1.77. The van der Waals surface area contributed by atoms with Gasteiger partial charge in [-0.1, -0.05) is 19.1 Å². The molecule has 1 aromatic carbocycles. The number of rotatable bonds is 8. The fourth-order valence-corrected chi connectivity index (χ4v) is 4.10. The van der Waals surface area contributed by atoms with E-state index in [2.05, 4.69) is 13.5 Å². The fraction of sp³-hybridized carbons (Fsp3) is 0.500. The summed E-state index contributed by atoms with van der Waals surface area (Å²) in [6.07, 6.45) is 3.78. The van der Waals surface area contributed by atoms with Gasteiger partial charge in [-0.2, -0.15) is 0 Å². The third kappa shape index (κ3) is 3.54. The van der Waals surface area contributed by atoms with Crippen molar-refractivity contribution in [2.24, 2.45) is 11.3 Å². The second kappa shape index (κ2) is 8.37. The number of carbonyl (C=O) groups is 1. The highest BCUT2D eigenvalue weighted by atomic mass is 16.7. The molecule has 0 radical (unpaired) electrons. The van der Waals surface area contributed by atoms with Crippen molar-refractivity contribution in [3.8, 4) is 11.5 Å². The second-order valence-corrected chi connectivity index (χ2v) is 7.26. The maximum absolute atomic E-state index is 12.3. The van der Waals surface area contributed by atoms with Crippen molar-refractivity contribution in [3.05, 3.63) is 48.3 Å². The van der Waals surface area contributed by atoms with E-state index in [4.69, 9.17) is 23.7 Å². The molecule has 0 N–H and O–H groups in total. The smallest absolute Gasteiger partial charge is 0.203 e. The topological polar surface area (TPSA) is 63.2 Å². The van der Waals surface area contributed by atoms with Gasteiger partial charge in [-0.25, -0.2) is 0 Å². The number of ether oxygens (including phenoxy) is 5. The molecule has 2 aliphatic rings. The molecule has 1 aromatic rings. The number of allylic oxidation sites excluding steroid dienone is 2. The molecule has 1 saturated heterocycles. The maximum Gasteiger partial charge on any atom is 0.203 e. The third-order valence-corrected chi connectivity index (χ3v) is 5.81. The minimum absolute atomic E-state index is 0.0441. The lowest BCUT2D eigenvalue weighted by Crippen LogP contribution is -2.40. The van der Waals surface area contributed by atoms with Crippen molar-refractivity contribution in [2.45, 2.75) is 38.8 Å². The first-order valence-corrected chi connectivity index (χ1v) is 9.38. The van der Waals surface area contributed by atoms with E-state index in [1.54, 1.807) is 27.4 Å². The molecule has 1 fully saturated rings. The van der Waals surface area contributed by atoms with Crippen molar-refractivity contribution in [3.63, 3.8) is 0 Å². The van der Waals surface area contributed by atoms with E-state index in [0.29, 0.717) is 36.7 Å². The number of ketones is 1. The van der Waals surface area contributed by atoms with Crippen LogP contribution in [0.1, 0.15) is 25.3 Å². The van der Waals surface area contributed by atoms with Crippen LogP contribution < -0.4 is 9.47 Å². The Labute approximate surface area is 166 Å². The second-order valence-electron chi connectivity index (χ2n) is 7.26. The van der Waals surface area contributed by atoms with E-state index in [9.17, 15) is 4.79 Å². The monoisotopic (exact) mass is 388 g/mol. The molecule has 6 heteroatoms. The Kier molecular flexibility index (Phi) is 6.10. The number of methoxy groups -OCH3 is 3. The van der Waals surface area contributed by atoms with Gasteiger partial charge in [0.05, 0.1) is 20.8 Å². The lowest BCUT2D eigenvalue weighted by molar-refractivity contribution is -0.127. The van der Waals surface area contributed by atoms with Gasteiger partial charge in [0.25, 0.3) is 0 Å². The minimum atomic E-state index is -0.459. The van der Waals surface area contributed by atoms with Crippen LogP contribution in [-0.4, -0.2) is 39.5 Å². The molecule has 0 unspecified atom stereocenters. The Hall–Kier alpha value is -2.31. The predicted octanol–water partition coefficient (Wildman–Crippen LogP) is 3.65. The van der Waals surface area contributed by atoms with E-state index in [-0.39, 0.29) is 17.1 Å². The Bertz CT molecular complexity index is 770. The van der Waals surface area contributed by atoms with Crippen LogP contribution in [0.15, 0.2) is 42.7 Å². The number of hydrogen-bond acceptors (Lipinski definition) is 6. The van der Waals surface area contributed by atoms with Crippen LogP contribution in [0.5, 0.6) is 11.5 Å². The predicted molar refractivity (Wildman–Crippen MR) is 104 cm³/mol. The van der Waals surface area contributed by atoms with Crippen LogP contribution in [-0.2, 0) is 25.6 Å². The summed E-state index contributed by atoms with van der Waals surface area (Å²) >= 11 is 0. The van der Waals surface area contributed by atoms with Gasteiger partial charge < -0.3 is 23.7 Å². The molecule has 152 valence electrons. The molecule has 0 saturated carbocycles. The summed E-state index contributed by atoms with van der Waals surface area (Å²) in [4.78, 5) is 12.3.